The predicted octanol–water partition coefficient (Wildman–Crippen LogP) is 4.63. The number of benzene rings is 1. The van der Waals surface area contributed by atoms with Crippen molar-refractivity contribution in [1.29, 1.82) is 0 Å². The maximum atomic E-state index is 10.2. The molecule has 1 unspecified atom stereocenters. The van der Waals surface area contributed by atoms with Gasteiger partial charge in [-0.25, -0.2) is 0 Å². The van der Waals surface area contributed by atoms with E-state index in [4.69, 9.17) is 23.2 Å². The van der Waals surface area contributed by atoms with Gasteiger partial charge in [-0.05, 0) is 23.1 Å². The van der Waals surface area contributed by atoms with Gasteiger partial charge in [-0.1, -0.05) is 56.6 Å². The zero-order chi connectivity index (χ0) is 12.5. The molecule has 1 aromatic carbocycles. The Morgan fingerprint density at radius 1 is 1.31 bits per heavy atom. The predicted molar refractivity (Wildman–Crippen MR) is 70.0 cm³/mol. The molecule has 0 spiro atoms. The second kappa shape index (κ2) is 4.79. The van der Waals surface area contributed by atoms with Gasteiger partial charge in [0, 0.05) is 15.6 Å². The van der Waals surface area contributed by atoms with Gasteiger partial charge in [0.05, 0.1) is 0 Å². The van der Waals surface area contributed by atoms with Gasteiger partial charge in [0.2, 0.25) is 0 Å². The van der Waals surface area contributed by atoms with Gasteiger partial charge < -0.3 is 5.11 Å². The maximum Gasteiger partial charge on any atom is 0.102 e. The first-order chi connectivity index (χ1) is 7.23. The Balaban J connectivity index is 3.06. The standard InChI is InChI=1S/C13H16Cl2O/c1-8(13(2,3)4)12(16)10-6-5-9(14)7-11(10)15/h5-7,12,16H,1H2,2-4H3. The highest BCUT2D eigenvalue weighted by Gasteiger charge is 2.24. The average molecular weight is 259 g/mol. The lowest BCUT2D eigenvalue weighted by molar-refractivity contribution is 0.189. The molecule has 0 aromatic heterocycles. The molecule has 0 aliphatic heterocycles. The van der Waals surface area contributed by atoms with Crippen molar-refractivity contribution in [3.8, 4) is 0 Å². The van der Waals surface area contributed by atoms with Crippen molar-refractivity contribution < 1.29 is 5.11 Å². The van der Waals surface area contributed by atoms with Crippen LogP contribution in [0.3, 0.4) is 0 Å². The number of halogens is 2. The molecule has 1 atom stereocenters. The zero-order valence-electron chi connectivity index (χ0n) is 9.72. The van der Waals surface area contributed by atoms with E-state index in [0.717, 1.165) is 5.57 Å². The van der Waals surface area contributed by atoms with E-state index >= 15 is 0 Å². The summed E-state index contributed by atoms with van der Waals surface area (Å²) in [5.74, 6) is 0. The number of hydrogen-bond donors (Lipinski definition) is 1. The second-order valence-electron chi connectivity index (χ2n) is 4.84. The third-order valence-electron chi connectivity index (χ3n) is 2.55. The van der Waals surface area contributed by atoms with Crippen LogP contribution in [-0.4, -0.2) is 5.11 Å². The van der Waals surface area contributed by atoms with E-state index in [1.807, 2.05) is 20.8 Å². The Kier molecular flexibility index (Phi) is 4.06. The summed E-state index contributed by atoms with van der Waals surface area (Å²) in [6.07, 6.45) is -0.759. The number of rotatable bonds is 2. The molecule has 1 N–H and O–H groups in total. The van der Waals surface area contributed by atoms with Crippen LogP contribution in [0, 0.1) is 5.41 Å². The summed E-state index contributed by atoms with van der Waals surface area (Å²) < 4.78 is 0. The van der Waals surface area contributed by atoms with Crippen LogP contribution in [0.2, 0.25) is 10.0 Å². The zero-order valence-corrected chi connectivity index (χ0v) is 11.2. The van der Waals surface area contributed by atoms with Crippen LogP contribution in [0.15, 0.2) is 30.4 Å². The highest BCUT2D eigenvalue weighted by Crippen LogP contribution is 2.37. The van der Waals surface area contributed by atoms with Crippen molar-refractivity contribution in [2.75, 3.05) is 0 Å². The quantitative estimate of drug-likeness (QED) is 0.768. The molecule has 0 saturated heterocycles. The molecular weight excluding hydrogens is 243 g/mol. The van der Waals surface area contributed by atoms with Crippen LogP contribution >= 0.6 is 23.2 Å². The Bertz CT molecular complexity index is 405. The molecule has 1 nitrogen and oxygen atoms in total. The maximum absolute atomic E-state index is 10.2. The molecule has 0 bridgehead atoms. The average Bonchev–Trinajstić information content (AvgIpc) is 2.14. The normalized spacial score (nSPS) is 13.6. The molecule has 0 aliphatic carbocycles. The molecule has 88 valence electrons. The SMILES string of the molecule is C=C(C(O)c1ccc(Cl)cc1Cl)C(C)(C)C. The van der Waals surface area contributed by atoms with Crippen molar-refractivity contribution in [3.63, 3.8) is 0 Å². The van der Waals surface area contributed by atoms with Crippen molar-refractivity contribution in [2.24, 2.45) is 5.41 Å². The molecule has 16 heavy (non-hydrogen) atoms. The van der Waals surface area contributed by atoms with Gasteiger partial charge in [-0.2, -0.15) is 0 Å². The van der Waals surface area contributed by atoms with Crippen LogP contribution in [-0.2, 0) is 0 Å². The van der Waals surface area contributed by atoms with Gasteiger partial charge in [-0.15, -0.1) is 0 Å². The molecule has 0 heterocycles. The fourth-order valence-corrected chi connectivity index (χ4v) is 1.83. The first kappa shape index (κ1) is 13.6. The smallest absolute Gasteiger partial charge is 0.102 e. The molecule has 0 fully saturated rings. The van der Waals surface area contributed by atoms with Crippen LogP contribution in [0.5, 0.6) is 0 Å². The van der Waals surface area contributed by atoms with E-state index < -0.39 is 6.10 Å². The topological polar surface area (TPSA) is 20.2 Å². The summed E-state index contributed by atoms with van der Waals surface area (Å²) in [7, 11) is 0. The lowest BCUT2D eigenvalue weighted by Crippen LogP contribution is -2.15. The van der Waals surface area contributed by atoms with Gasteiger partial charge in [0.25, 0.3) is 0 Å². The molecule has 0 radical (unpaired) electrons. The summed E-state index contributed by atoms with van der Waals surface area (Å²) in [5, 5.41) is 11.2. The second-order valence-corrected chi connectivity index (χ2v) is 5.69. The fraction of sp³-hybridized carbons (Fsp3) is 0.385. The molecule has 0 saturated carbocycles. The Morgan fingerprint density at radius 3 is 2.31 bits per heavy atom. The molecular formula is C13H16Cl2O. The Hall–Kier alpha value is -0.500. The van der Waals surface area contributed by atoms with E-state index in [1.54, 1.807) is 18.2 Å². The largest absolute Gasteiger partial charge is 0.384 e. The lowest BCUT2D eigenvalue weighted by atomic mass is 9.82. The highest BCUT2D eigenvalue weighted by atomic mass is 35.5. The van der Waals surface area contributed by atoms with E-state index in [-0.39, 0.29) is 5.41 Å². The highest BCUT2D eigenvalue weighted by molar-refractivity contribution is 6.35. The van der Waals surface area contributed by atoms with Crippen LogP contribution in [0.25, 0.3) is 0 Å². The summed E-state index contributed by atoms with van der Waals surface area (Å²) in [6.45, 7) is 9.93. The Labute approximate surface area is 107 Å². The summed E-state index contributed by atoms with van der Waals surface area (Å²) >= 11 is 11.8. The van der Waals surface area contributed by atoms with Crippen LogP contribution in [0.4, 0.5) is 0 Å². The summed E-state index contributed by atoms with van der Waals surface area (Å²) in [4.78, 5) is 0. The van der Waals surface area contributed by atoms with E-state index in [1.165, 1.54) is 0 Å². The van der Waals surface area contributed by atoms with E-state index in [9.17, 15) is 5.11 Å². The molecule has 1 rings (SSSR count). The van der Waals surface area contributed by atoms with Crippen molar-refractivity contribution >= 4 is 23.2 Å². The molecule has 1 aromatic rings. The van der Waals surface area contributed by atoms with Gasteiger partial charge >= 0.3 is 0 Å². The molecule has 3 heteroatoms. The lowest BCUT2D eigenvalue weighted by Gasteiger charge is -2.27. The van der Waals surface area contributed by atoms with Gasteiger partial charge in [-0.3, -0.25) is 0 Å². The van der Waals surface area contributed by atoms with Crippen LogP contribution in [0.1, 0.15) is 32.4 Å². The Morgan fingerprint density at radius 2 is 1.88 bits per heavy atom. The minimum Gasteiger partial charge on any atom is -0.384 e. The van der Waals surface area contributed by atoms with Gasteiger partial charge in [0.15, 0.2) is 0 Å². The molecule has 0 aliphatic rings. The third kappa shape index (κ3) is 3.00. The number of aliphatic hydroxyl groups is 1. The summed E-state index contributed by atoms with van der Waals surface area (Å²) in [5.41, 5.74) is 1.21. The van der Waals surface area contributed by atoms with E-state index in [0.29, 0.717) is 15.6 Å². The van der Waals surface area contributed by atoms with Crippen molar-refractivity contribution in [2.45, 2.75) is 26.9 Å². The number of aliphatic hydroxyl groups excluding tert-OH is 1. The molecule has 0 amide bonds. The van der Waals surface area contributed by atoms with E-state index in [2.05, 4.69) is 6.58 Å². The minimum absolute atomic E-state index is 0.164. The number of hydrogen-bond acceptors (Lipinski definition) is 1. The van der Waals surface area contributed by atoms with Crippen LogP contribution < -0.4 is 0 Å². The fourth-order valence-electron chi connectivity index (χ4n) is 1.32. The third-order valence-corrected chi connectivity index (χ3v) is 3.11. The van der Waals surface area contributed by atoms with Crippen molar-refractivity contribution in [3.05, 3.63) is 46.0 Å². The minimum atomic E-state index is -0.759. The monoisotopic (exact) mass is 258 g/mol. The summed E-state index contributed by atoms with van der Waals surface area (Å²) in [6, 6.07) is 5.06. The first-order valence-corrected chi connectivity index (χ1v) is 5.81. The van der Waals surface area contributed by atoms with Gasteiger partial charge in [0.1, 0.15) is 6.10 Å². The first-order valence-electron chi connectivity index (χ1n) is 5.06. The van der Waals surface area contributed by atoms with Crippen molar-refractivity contribution in [1.82, 2.24) is 0 Å².